The molecule has 3 N–H and O–H groups in total. The van der Waals surface area contributed by atoms with Crippen molar-refractivity contribution in [3.8, 4) is 11.8 Å². The summed E-state index contributed by atoms with van der Waals surface area (Å²) in [5, 5.41) is 23.4. The number of hydrogen-bond donors (Lipinski definition) is 3. The largest absolute Gasteiger partial charge is 0.508 e. The van der Waals surface area contributed by atoms with Crippen LogP contribution in [0.1, 0.15) is 6.42 Å². The van der Waals surface area contributed by atoms with E-state index in [4.69, 9.17) is 22.0 Å². The number of phenols is 1. The van der Waals surface area contributed by atoms with Crippen molar-refractivity contribution < 1.29 is 9.90 Å². The fourth-order valence-corrected chi connectivity index (χ4v) is 1.37. The Morgan fingerprint density at radius 1 is 1.42 bits per heavy atom. The van der Waals surface area contributed by atoms with Crippen molar-refractivity contribution in [2.45, 2.75) is 6.42 Å². The Morgan fingerprint density at radius 2 is 2.11 bits per heavy atom. The highest BCUT2D eigenvalue weighted by Gasteiger charge is 2.08. The van der Waals surface area contributed by atoms with E-state index in [2.05, 4.69) is 10.6 Å². The molecule has 1 rings (SSSR count). The highest BCUT2D eigenvalue weighted by Crippen LogP contribution is 2.14. The number of halogens is 1. The Kier molecular flexibility index (Phi) is 6.27. The van der Waals surface area contributed by atoms with E-state index in [1.54, 1.807) is 12.1 Å². The summed E-state index contributed by atoms with van der Waals surface area (Å²) >= 11 is 5.51. The van der Waals surface area contributed by atoms with E-state index < -0.39 is 5.91 Å². The zero-order chi connectivity index (χ0) is 14.1. The second-order valence-electron chi connectivity index (χ2n) is 3.67. The smallest absolute Gasteiger partial charge is 0.267 e. The molecular formula is C13H14ClN3O2. The van der Waals surface area contributed by atoms with Gasteiger partial charge in [0.05, 0.1) is 0 Å². The van der Waals surface area contributed by atoms with E-state index in [1.807, 2.05) is 6.07 Å². The zero-order valence-electron chi connectivity index (χ0n) is 10.2. The number of alkyl halides is 1. The average molecular weight is 280 g/mol. The highest BCUT2D eigenvalue weighted by molar-refractivity contribution is 6.17. The van der Waals surface area contributed by atoms with Crippen LogP contribution in [-0.4, -0.2) is 23.4 Å². The molecule has 5 nitrogen and oxygen atoms in total. The SMILES string of the molecule is N#C/C(=C/NCCCCl)C(=O)Nc1ccc(O)cc1. The number of aromatic hydroxyl groups is 1. The minimum Gasteiger partial charge on any atom is -0.508 e. The molecule has 0 bridgehead atoms. The molecule has 1 aromatic carbocycles. The molecule has 0 atom stereocenters. The Hall–Kier alpha value is -2.19. The predicted molar refractivity (Wildman–Crippen MR) is 73.8 cm³/mol. The van der Waals surface area contributed by atoms with Crippen molar-refractivity contribution in [1.82, 2.24) is 5.32 Å². The molecule has 0 fully saturated rings. The number of rotatable bonds is 6. The van der Waals surface area contributed by atoms with Gasteiger partial charge in [0.15, 0.2) is 0 Å². The van der Waals surface area contributed by atoms with E-state index in [0.717, 1.165) is 6.42 Å². The molecule has 0 aliphatic heterocycles. The number of hydrogen-bond acceptors (Lipinski definition) is 4. The van der Waals surface area contributed by atoms with Crippen LogP contribution in [0.25, 0.3) is 0 Å². The number of phenolic OH excluding ortho intramolecular Hbond substituents is 1. The van der Waals surface area contributed by atoms with Gasteiger partial charge in [-0.25, -0.2) is 0 Å². The van der Waals surface area contributed by atoms with Gasteiger partial charge in [0.2, 0.25) is 0 Å². The summed E-state index contributed by atoms with van der Waals surface area (Å²) in [7, 11) is 0. The van der Waals surface area contributed by atoms with Crippen LogP contribution < -0.4 is 10.6 Å². The minimum absolute atomic E-state index is 0.0253. The van der Waals surface area contributed by atoms with Crippen LogP contribution in [0, 0.1) is 11.3 Å². The van der Waals surface area contributed by atoms with Crippen LogP contribution >= 0.6 is 11.6 Å². The lowest BCUT2D eigenvalue weighted by atomic mass is 10.2. The van der Waals surface area contributed by atoms with Crippen LogP contribution in [0.15, 0.2) is 36.0 Å². The number of amides is 1. The van der Waals surface area contributed by atoms with E-state index in [9.17, 15) is 4.79 Å². The predicted octanol–water partition coefficient (Wildman–Crippen LogP) is 1.96. The molecule has 0 radical (unpaired) electrons. The van der Waals surface area contributed by atoms with Gasteiger partial charge in [-0.1, -0.05) is 0 Å². The van der Waals surface area contributed by atoms with Crippen molar-refractivity contribution >= 4 is 23.2 Å². The maximum atomic E-state index is 11.8. The average Bonchev–Trinajstić information content (AvgIpc) is 2.41. The first-order valence-electron chi connectivity index (χ1n) is 5.67. The number of nitriles is 1. The fourth-order valence-electron chi connectivity index (χ4n) is 1.23. The number of carbonyl (C=O) groups is 1. The minimum atomic E-state index is -0.508. The highest BCUT2D eigenvalue weighted by atomic mass is 35.5. The van der Waals surface area contributed by atoms with E-state index >= 15 is 0 Å². The number of nitrogens with one attached hydrogen (secondary N) is 2. The van der Waals surface area contributed by atoms with Gasteiger partial charge in [-0.15, -0.1) is 11.6 Å². The molecule has 0 saturated heterocycles. The fraction of sp³-hybridized carbons (Fsp3) is 0.231. The topological polar surface area (TPSA) is 85.2 Å². The van der Waals surface area contributed by atoms with Crippen LogP contribution in [0.2, 0.25) is 0 Å². The Balaban J connectivity index is 2.59. The Morgan fingerprint density at radius 3 is 2.68 bits per heavy atom. The summed E-state index contributed by atoms with van der Waals surface area (Å²) in [6.07, 6.45) is 2.11. The molecule has 100 valence electrons. The maximum Gasteiger partial charge on any atom is 0.267 e. The normalized spacial score (nSPS) is 10.6. The lowest BCUT2D eigenvalue weighted by Crippen LogP contribution is -2.17. The first-order valence-corrected chi connectivity index (χ1v) is 6.21. The molecule has 0 unspecified atom stereocenters. The third-order valence-electron chi connectivity index (χ3n) is 2.19. The first kappa shape index (κ1) is 14.9. The Bertz CT molecular complexity index is 492. The van der Waals surface area contributed by atoms with Gasteiger partial charge < -0.3 is 15.7 Å². The summed E-state index contributed by atoms with van der Waals surface area (Å²) < 4.78 is 0. The van der Waals surface area contributed by atoms with Crippen molar-refractivity contribution in [2.24, 2.45) is 0 Å². The molecule has 0 heterocycles. The van der Waals surface area contributed by atoms with Gasteiger partial charge in [-0.2, -0.15) is 5.26 Å². The third-order valence-corrected chi connectivity index (χ3v) is 2.46. The summed E-state index contributed by atoms with van der Waals surface area (Å²) in [4.78, 5) is 11.8. The van der Waals surface area contributed by atoms with Crippen LogP contribution in [0.3, 0.4) is 0 Å². The number of benzene rings is 1. The van der Waals surface area contributed by atoms with Gasteiger partial charge in [0, 0.05) is 24.3 Å². The second-order valence-corrected chi connectivity index (χ2v) is 4.05. The molecule has 1 aromatic rings. The summed E-state index contributed by atoms with van der Waals surface area (Å²) in [6.45, 7) is 0.598. The second kappa shape index (κ2) is 8.01. The van der Waals surface area contributed by atoms with Gasteiger partial charge in [-0.05, 0) is 30.7 Å². The van der Waals surface area contributed by atoms with Crippen LogP contribution in [-0.2, 0) is 4.79 Å². The summed E-state index contributed by atoms with van der Waals surface area (Å²) in [5.41, 5.74) is 0.479. The van der Waals surface area contributed by atoms with Crippen LogP contribution in [0.5, 0.6) is 5.75 Å². The monoisotopic (exact) mass is 279 g/mol. The lowest BCUT2D eigenvalue weighted by molar-refractivity contribution is -0.112. The lowest BCUT2D eigenvalue weighted by Gasteiger charge is -2.04. The first-order chi connectivity index (χ1) is 9.17. The summed E-state index contributed by atoms with van der Waals surface area (Å²) in [6, 6.07) is 7.80. The van der Waals surface area contributed by atoms with Gasteiger partial charge in [-0.3, -0.25) is 4.79 Å². The summed E-state index contributed by atoms with van der Waals surface area (Å²) in [5.74, 6) is 0.117. The number of nitrogens with zero attached hydrogens (tertiary/aromatic N) is 1. The molecule has 0 spiro atoms. The van der Waals surface area contributed by atoms with Crippen molar-refractivity contribution in [2.75, 3.05) is 17.7 Å². The van der Waals surface area contributed by atoms with Gasteiger partial charge >= 0.3 is 0 Å². The molecular weight excluding hydrogens is 266 g/mol. The van der Waals surface area contributed by atoms with Crippen molar-refractivity contribution in [3.63, 3.8) is 0 Å². The Labute approximate surface area is 116 Å². The standard InChI is InChI=1S/C13H14ClN3O2/c14-6-1-7-16-9-10(8-15)13(19)17-11-2-4-12(18)5-3-11/h2-5,9,16,18H,1,6-7H2,(H,17,19)/b10-9-. The van der Waals surface area contributed by atoms with E-state index in [0.29, 0.717) is 18.1 Å². The quantitative estimate of drug-likeness (QED) is 0.244. The van der Waals surface area contributed by atoms with Crippen molar-refractivity contribution in [1.29, 1.82) is 5.26 Å². The van der Waals surface area contributed by atoms with Gasteiger partial charge in [0.25, 0.3) is 5.91 Å². The number of carbonyl (C=O) groups excluding carboxylic acids is 1. The molecule has 0 aliphatic carbocycles. The van der Waals surface area contributed by atoms with Crippen LogP contribution in [0.4, 0.5) is 5.69 Å². The molecule has 6 heteroatoms. The molecule has 0 aliphatic rings. The third kappa shape index (κ3) is 5.32. The van der Waals surface area contributed by atoms with E-state index in [-0.39, 0.29) is 11.3 Å². The molecule has 0 saturated carbocycles. The maximum absolute atomic E-state index is 11.8. The van der Waals surface area contributed by atoms with E-state index in [1.165, 1.54) is 18.3 Å². The zero-order valence-corrected chi connectivity index (χ0v) is 10.9. The molecule has 0 aromatic heterocycles. The molecule has 1 amide bonds. The molecule has 19 heavy (non-hydrogen) atoms. The van der Waals surface area contributed by atoms with Gasteiger partial charge in [0.1, 0.15) is 17.4 Å². The van der Waals surface area contributed by atoms with Crippen molar-refractivity contribution in [3.05, 3.63) is 36.0 Å². The number of anilines is 1.